The maximum absolute atomic E-state index is 12.0. The fourth-order valence-electron chi connectivity index (χ4n) is 1.45. The van der Waals surface area contributed by atoms with E-state index in [4.69, 9.17) is 0 Å². The summed E-state index contributed by atoms with van der Waals surface area (Å²) in [4.78, 5) is 11.4. The second kappa shape index (κ2) is 5.89. The molecule has 0 atom stereocenters. The van der Waals surface area contributed by atoms with Crippen molar-refractivity contribution in [2.45, 2.75) is 33.1 Å². The summed E-state index contributed by atoms with van der Waals surface area (Å²) >= 11 is 0. The van der Waals surface area contributed by atoms with E-state index in [-0.39, 0.29) is 17.5 Å². The third-order valence-corrected chi connectivity index (χ3v) is 2.44. The van der Waals surface area contributed by atoms with E-state index in [1.807, 2.05) is 0 Å². The van der Waals surface area contributed by atoms with Crippen LogP contribution in [0.15, 0.2) is 24.3 Å². The van der Waals surface area contributed by atoms with Gasteiger partial charge in [-0.25, -0.2) is 0 Å². The van der Waals surface area contributed by atoms with Crippen molar-refractivity contribution < 1.29 is 22.7 Å². The highest BCUT2D eigenvalue weighted by molar-refractivity contribution is 5.80. The van der Waals surface area contributed by atoms with Gasteiger partial charge in [0.15, 0.2) is 0 Å². The number of benzene rings is 1. The van der Waals surface area contributed by atoms with Crippen LogP contribution in [0.1, 0.15) is 25.8 Å². The van der Waals surface area contributed by atoms with Gasteiger partial charge in [0.1, 0.15) is 11.5 Å². The molecule has 0 aliphatic heterocycles. The minimum atomic E-state index is -4.69. The van der Waals surface area contributed by atoms with E-state index in [1.54, 1.807) is 19.9 Å². The molecular weight excluding hydrogens is 245 g/mol. The molecule has 0 aliphatic rings. The number of ether oxygens (including phenoxy) is 1. The van der Waals surface area contributed by atoms with E-state index < -0.39 is 6.36 Å². The number of Topliss-reactive ketones (excluding diaryl/α,β-unsaturated/α-hetero) is 1. The number of alkyl halides is 3. The quantitative estimate of drug-likeness (QED) is 0.806. The van der Waals surface area contributed by atoms with Gasteiger partial charge in [-0.2, -0.15) is 0 Å². The van der Waals surface area contributed by atoms with Crippen LogP contribution in [0.25, 0.3) is 0 Å². The third kappa shape index (κ3) is 5.21. The van der Waals surface area contributed by atoms with Gasteiger partial charge in [-0.3, -0.25) is 4.79 Å². The summed E-state index contributed by atoms with van der Waals surface area (Å²) in [5, 5.41) is 0. The normalized spacial score (nSPS) is 11.7. The van der Waals surface area contributed by atoms with E-state index in [0.29, 0.717) is 18.4 Å². The topological polar surface area (TPSA) is 26.3 Å². The smallest absolute Gasteiger partial charge is 0.406 e. The Balaban J connectivity index is 2.63. The predicted octanol–water partition coefficient (Wildman–Crippen LogP) is 3.74. The van der Waals surface area contributed by atoms with E-state index in [9.17, 15) is 18.0 Å². The Hall–Kier alpha value is -1.52. The minimum absolute atomic E-state index is 0.0559. The van der Waals surface area contributed by atoms with Gasteiger partial charge in [0, 0.05) is 12.3 Å². The molecule has 1 aromatic rings. The lowest BCUT2D eigenvalue weighted by molar-refractivity contribution is -0.274. The Labute approximate surface area is 104 Å². The molecule has 100 valence electrons. The van der Waals surface area contributed by atoms with Gasteiger partial charge in [-0.05, 0) is 24.1 Å². The molecule has 0 radical (unpaired) electrons. The summed E-state index contributed by atoms with van der Waals surface area (Å²) in [7, 11) is 0. The monoisotopic (exact) mass is 260 g/mol. The van der Waals surface area contributed by atoms with Gasteiger partial charge in [0.2, 0.25) is 0 Å². The van der Waals surface area contributed by atoms with Crippen LogP contribution in [0.2, 0.25) is 0 Å². The molecule has 5 heteroatoms. The van der Waals surface area contributed by atoms with Crippen LogP contribution in [-0.2, 0) is 11.2 Å². The van der Waals surface area contributed by atoms with Crippen molar-refractivity contribution in [3.8, 4) is 5.75 Å². The molecule has 2 nitrogen and oxygen atoms in total. The van der Waals surface area contributed by atoms with Crippen molar-refractivity contribution in [1.29, 1.82) is 0 Å². The highest BCUT2D eigenvalue weighted by atomic mass is 19.4. The maximum atomic E-state index is 12.0. The highest BCUT2D eigenvalue weighted by Crippen LogP contribution is 2.23. The van der Waals surface area contributed by atoms with Crippen molar-refractivity contribution in [3.05, 3.63) is 29.8 Å². The van der Waals surface area contributed by atoms with Crippen LogP contribution in [0.3, 0.4) is 0 Å². The summed E-state index contributed by atoms with van der Waals surface area (Å²) in [5.41, 5.74) is 0.658. The number of halogens is 3. The van der Waals surface area contributed by atoms with Crippen LogP contribution in [0.5, 0.6) is 5.75 Å². The van der Waals surface area contributed by atoms with Gasteiger partial charge in [0.05, 0.1) is 0 Å². The Morgan fingerprint density at radius 2 is 2.00 bits per heavy atom. The fraction of sp³-hybridized carbons (Fsp3) is 0.462. The molecule has 0 aliphatic carbocycles. The molecule has 0 aromatic heterocycles. The molecule has 0 unspecified atom stereocenters. The first-order chi connectivity index (χ1) is 8.28. The average molecular weight is 260 g/mol. The summed E-state index contributed by atoms with van der Waals surface area (Å²) < 4.78 is 39.9. The number of hydrogen-bond donors (Lipinski definition) is 0. The van der Waals surface area contributed by atoms with Crippen LogP contribution >= 0.6 is 0 Å². The molecule has 0 spiro atoms. The molecule has 0 saturated heterocycles. The van der Waals surface area contributed by atoms with Gasteiger partial charge in [-0.15, -0.1) is 13.2 Å². The van der Waals surface area contributed by atoms with Crippen LogP contribution in [0.4, 0.5) is 13.2 Å². The molecule has 0 amide bonds. The first kappa shape index (κ1) is 14.5. The molecular formula is C13H15F3O2. The zero-order chi connectivity index (χ0) is 13.8. The Bertz CT molecular complexity index is 411. The molecule has 1 aromatic carbocycles. The van der Waals surface area contributed by atoms with Gasteiger partial charge >= 0.3 is 6.36 Å². The van der Waals surface area contributed by atoms with Gasteiger partial charge < -0.3 is 4.74 Å². The summed E-state index contributed by atoms with van der Waals surface area (Å²) in [6.07, 6.45) is -3.94. The lowest BCUT2D eigenvalue weighted by atomic mass is 10.0. The van der Waals surface area contributed by atoms with Crippen molar-refractivity contribution in [1.82, 2.24) is 0 Å². The van der Waals surface area contributed by atoms with Crippen LogP contribution < -0.4 is 4.74 Å². The summed E-state index contributed by atoms with van der Waals surface area (Å²) in [5.74, 6) is -0.214. The van der Waals surface area contributed by atoms with E-state index in [0.717, 1.165) is 0 Å². The molecule has 18 heavy (non-hydrogen) atoms. The SMILES string of the molecule is CC(C)C(=O)CCc1cccc(OC(F)(F)F)c1. The zero-order valence-electron chi connectivity index (χ0n) is 10.3. The number of carbonyl (C=O) groups is 1. The first-order valence-corrected chi connectivity index (χ1v) is 5.65. The number of carbonyl (C=O) groups excluding carboxylic acids is 1. The molecule has 0 heterocycles. The minimum Gasteiger partial charge on any atom is -0.406 e. The summed E-state index contributed by atoms with van der Waals surface area (Å²) in [6.45, 7) is 3.59. The van der Waals surface area contributed by atoms with E-state index >= 15 is 0 Å². The average Bonchev–Trinajstić information content (AvgIpc) is 2.23. The third-order valence-electron chi connectivity index (χ3n) is 2.44. The molecule has 1 rings (SSSR count). The van der Waals surface area contributed by atoms with Crippen molar-refractivity contribution in [2.24, 2.45) is 5.92 Å². The van der Waals surface area contributed by atoms with Gasteiger partial charge in [-0.1, -0.05) is 26.0 Å². The van der Waals surface area contributed by atoms with E-state index in [2.05, 4.69) is 4.74 Å². The lowest BCUT2D eigenvalue weighted by Gasteiger charge is -2.10. The second-order valence-electron chi connectivity index (χ2n) is 4.32. The summed E-state index contributed by atoms with van der Waals surface area (Å²) in [6, 6.07) is 5.70. The Kier molecular flexibility index (Phi) is 4.76. The molecule has 0 saturated carbocycles. The molecule has 0 N–H and O–H groups in total. The van der Waals surface area contributed by atoms with Crippen molar-refractivity contribution in [3.63, 3.8) is 0 Å². The Morgan fingerprint density at radius 3 is 2.56 bits per heavy atom. The van der Waals surface area contributed by atoms with E-state index in [1.165, 1.54) is 18.2 Å². The molecule has 0 fully saturated rings. The predicted molar refractivity (Wildman–Crippen MR) is 61.3 cm³/mol. The standard InChI is InChI=1S/C13H15F3O2/c1-9(2)12(17)7-6-10-4-3-5-11(8-10)18-13(14,15)16/h3-5,8-9H,6-7H2,1-2H3. The largest absolute Gasteiger partial charge is 0.573 e. The van der Waals surface area contributed by atoms with Crippen molar-refractivity contribution in [2.75, 3.05) is 0 Å². The maximum Gasteiger partial charge on any atom is 0.573 e. The number of ketones is 1. The first-order valence-electron chi connectivity index (χ1n) is 5.65. The van der Waals surface area contributed by atoms with Crippen molar-refractivity contribution >= 4 is 5.78 Å². The highest BCUT2D eigenvalue weighted by Gasteiger charge is 2.31. The lowest BCUT2D eigenvalue weighted by Crippen LogP contribution is -2.17. The Morgan fingerprint density at radius 1 is 1.33 bits per heavy atom. The van der Waals surface area contributed by atoms with Gasteiger partial charge in [0.25, 0.3) is 0 Å². The zero-order valence-corrected chi connectivity index (χ0v) is 10.3. The number of rotatable bonds is 5. The van der Waals surface area contributed by atoms with Crippen LogP contribution in [0, 0.1) is 5.92 Å². The number of aryl methyl sites for hydroxylation is 1. The second-order valence-corrected chi connectivity index (χ2v) is 4.32. The fourth-order valence-corrected chi connectivity index (χ4v) is 1.45. The van der Waals surface area contributed by atoms with Crippen LogP contribution in [-0.4, -0.2) is 12.1 Å². The number of hydrogen-bond acceptors (Lipinski definition) is 2. The molecule has 0 bridgehead atoms.